The zero-order valence-electron chi connectivity index (χ0n) is 15.0. The van der Waals surface area contributed by atoms with Crippen molar-refractivity contribution < 1.29 is 17.5 Å². The van der Waals surface area contributed by atoms with E-state index in [9.17, 15) is 12.8 Å². The highest BCUT2D eigenvalue weighted by Gasteiger charge is 2.34. The molecule has 8 heteroatoms. The molecule has 2 N–H and O–H groups in total. The number of sulfonamides is 1. The van der Waals surface area contributed by atoms with Crippen molar-refractivity contribution in [2.75, 3.05) is 39.4 Å². The van der Waals surface area contributed by atoms with E-state index in [0.29, 0.717) is 31.7 Å². The molecule has 26 heavy (non-hydrogen) atoms. The van der Waals surface area contributed by atoms with Crippen LogP contribution >= 0.6 is 0 Å². The SMILES string of the molecule is NCCN(C1CCOCC1)C1CCN(S(=O)(=O)c2ccc(F)cc2)CC1. The average molecular weight is 386 g/mol. The summed E-state index contributed by atoms with van der Waals surface area (Å²) in [4.78, 5) is 2.62. The molecule has 0 spiro atoms. The first kappa shape index (κ1) is 19.7. The van der Waals surface area contributed by atoms with Gasteiger partial charge in [0.1, 0.15) is 5.82 Å². The van der Waals surface area contributed by atoms with E-state index in [4.69, 9.17) is 10.5 Å². The number of nitrogens with two attached hydrogens (primary N) is 1. The van der Waals surface area contributed by atoms with Gasteiger partial charge in [-0.25, -0.2) is 12.8 Å². The van der Waals surface area contributed by atoms with E-state index in [0.717, 1.165) is 45.4 Å². The summed E-state index contributed by atoms with van der Waals surface area (Å²) < 4.78 is 45.6. The van der Waals surface area contributed by atoms with Crippen LogP contribution in [-0.2, 0) is 14.8 Å². The Kier molecular flexibility index (Phi) is 6.63. The Hall–Kier alpha value is -1.06. The minimum atomic E-state index is -3.56. The van der Waals surface area contributed by atoms with Crippen LogP contribution in [0.5, 0.6) is 0 Å². The van der Waals surface area contributed by atoms with E-state index in [1.165, 1.54) is 28.6 Å². The normalized spacial score (nSPS) is 21.3. The average Bonchev–Trinajstić information content (AvgIpc) is 2.67. The zero-order chi connectivity index (χ0) is 18.6. The van der Waals surface area contributed by atoms with E-state index >= 15 is 0 Å². The van der Waals surface area contributed by atoms with Crippen molar-refractivity contribution in [1.29, 1.82) is 0 Å². The number of hydrogen-bond acceptors (Lipinski definition) is 5. The van der Waals surface area contributed by atoms with Crippen LogP contribution in [0.3, 0.4) is 0 Å². The van der Waals surface area contributed by atoms with Gasteiger partial charge in [0.25, 0.3) is 0 Å². The third-order valence-electron chi connectivity index (χ3n) is 5.39. The van der Waals surface area contributed by atoms with Gasteiger partial charge in [-0.15, -0.1) is 0 Å². The summed E-state index contributed by atoms with van der Waals surface area (Å²) in [6, 6.07) is 5.86. The maximum atomic E-state index is 13.1. The molecule has 0 radical (unpaired) electrons. The van der Waals surface area contributed by atoms with E-state index < -0.39 is 15.8 Å². The van der Waals surface area contributed by atoms with Gasteiger partial charge in [-0.05, 0) is 49.9 Å². The first-order valence-corrected chi connectivity index (χ1v) is 10.8. The van der Waals surface area contributed by atoms with Gasteiger partial charge in [-0.2, -0.15) is 4.31 Å². The minimum Gasteiger partial charge on any atom is -0.381 e. The quantitative estimate of drug-likeness (QED) is 0.802. The summed E-state index contributed by atoms with van der Waals surface area (Å²) in [5.41, 5.74) is 5.82. The summed E-state index contributed by atoms with van der Waals surface area (Å²) in [6.45, 7) is 3.96. The Morgan fingerprint density at radius 3 is 2.23 bits per heavy atom. The monoisotopic (exact) mass is 385 g/mol. The van der Waals surface area contributed by atoms with Crippen LogP contribution in [0.1, 0.15) is 25.7 Å². The van der Waals surface area contributed by atoms with Crippen LogP contribution < -0.4 is 5.73 Å². The number of halogens is 1. The first-order valence-electron chi connectivity index (χ1n) is 9.31. The molecule has 146 valence electrons. The van der Waals surface area contributed by atoms with Crippen molar-refractivity contribution in [1.82, 2.24) is 9.21 Å². The number of hydrogen-bond donors (Lipinski definition) is 1. The smallest absolute Gasteiger partial charge is 0.243 e. The molecule has 2 heterocycles. The van der Waals surface area contributed by atoms with Crippen molar-refractivity contribution in [3.63, 3.8) is 0 Å². The maximum absolute atomic E-state index is 13.1. The number of ether oxygens (including phenoxy) is 1. The Balaban J connectivity index is 1.64. The second kappa shape index (κ2) is 8.75. The van der Waals surface area contributed by atoms with Crippen LogP contribution in [0.15, 0.2) is 29.2 Å². The van der Waals surface area contributed by atoms with Crippen LogP contribution in [-0.4, -0.2) is 69.1 Å². The van der Waals surface area contributed by atoms with Crippen LogP contribution in [0.4, 0.5) is 4.39 Å². The largest absolute Gasteiger partial charge is 0.381 e. The van der Waals surface area contributed by atoms with E-state index in [1.807, 2.05) is 0 Å². The second-order valence-electron chi connectivity index (χ2n) is 6.96. The van der Waals surface area contributed by atoms with Gasteiger partial charge in [-0.3, -0.25) is 4.90 Å². The van der Waals surface area contributed by atoms with Crippen LogP contribution in [0, 0.1) is 5.82 Å². The molecule has 0 aromatic heterocycles. The molecular formula is C18H28FN3O3S. The summed E-state index contributed by atoms with van der Waals surface area (Å²) in [5.74, 6) is -0.434. The molecule has 1 aromatic carbocycles. The van der Waals surface area contributed by atoms with Gasteiger partial charge in [0.15, 0.2) is 0 Å². The van der Waals surface area contributed by atoms with Crippen molar-refractivity contribution in [3.8, 4) is 0 Å². The van der Waals surface area contributed by atoms with Crippen molar-refractivity contribution in [2.45, 2.75) is 42.7 Å². The number of rotatable bonds is 6. The van der Waals surface area contributed by atoms with Gasteiger partial charge in [0.2, 0.25) is 10.0 Å². The fourth-order valence-corrected chi connectivity index (χ4v) is 5.47. The molecule has 2 saturated heterocycles. The highest BCUT2D eigenvalue weighted by molar-refractivity contribution is 7.89. The predicted molar refractivity (Wildman–Crippen MR) is 97.8 cm³/mol. The lowest BCUT2D eigenvalue weighted by Gasteiger charge is -2.43. The van der Waals surface area contributed by atoms with Gasteiger partial charge >= 0.3 is 0 Å². The Bertz CT molecular complexity index is 669. The highest BCUT2D eigenvalue weighted by atomic mass is 32.2. The molecule has 0 amide bonds. The molecule has 0 bridgehead atoms. The van der Waals surface area contributed by atoms with Crippen LogP contribution in [0.2, 0.25) is 0 Å². The van der Waals surface area contributed by atoms with Crippen molar-refractivity contribution >= 4 is 10.0 Å². The van der Waals surface area contributed by atoms with Crippen molar-refractivity contribution in [3.05, 3.63) is 30.1 Å². The first-order chi connectivity index (χ1) is 12.5. The molecule has 2 aliphatic heterocycles. The summed E-state index contributed by atoms with van der Waals surface area (Å²) in [7, 11) is -3.56. The lowest BCUT2D eigenvalue weighted by Crippen LogP contribution is -2.52. The summed E-state index contributed by atoms with van der Waals surface area (Å²) >= 11 is 0. The molecular weight excluding hydrogens is 357 g/mol. The summed E-state index contributed by atoms with van der Waals surface area (Å²) in [5, 5.41) is 0. The minimum absolute atomic E-state index is 0.153. The predicted octanol–water partition coefficient (Wildman–Crippen LogP) is 1.42. The standard InChI is InChI=1S/C18H28FN3O3S/c19-15-1-3-18(4-2-15)26(23,24)21-10-5-16(6-11-21)22(12-9-20)17-7-13-25-14-8-17/h1-4,16-17H,5-14,20H2. The lowest BCUT2D eigenvalue weighted by atomic mass is 9.99. The number of benzene rings is 1. The molecule has 0 atom stereocenters. The van der Waals surface area contributed by atoms with Gasteiger partial charge < -0.3 is 10.5 Å². The molecule has 0 saturated carbocycles. The van der Waals surface area contributed by atoms with Gasteiger partial charge in [0.05, 0.1) is 4.90 Å². The Morgan fingerprint density at radius 2 is 1.65 bits per heavy atom. The molecule has 3 rings (SSSR count). The maximum Gasteiger partial charge on any atom is 0.243 e. The van der Waals surface area contributed by atoms with Gasteiger partial charge in [-0.1, -0.05) is 0 Å². The molecule has 6 nitrogen and oxygen atoms in total. The van der Waals surface area contributed by atoms with Crippen LogP contribution in [0.25, 0.3) is 0 Å². The lowest BCUT2D eigenvalue weighted by molar-refractivity contribution is 0.00838. The third kappa shape index (κ3) is 4.43. The highest BCUT2D eigenvalue weighted by Crippen LogP contribution is 2.26. The molecule has 0 aliphatic carbocycles. The van der Waals surface area contributed by atoms with Gasteiger partial charge in [0, 0.05) is 51.5 Å². The molecule has 2 fully saturated rings. The Morgan fingerprint density at radius 1 is 1.08 bits per heavy atom. The number of nitrogens with zero attached hydrogens (tertiary/aromatic N) is 2. The topological polar surface area (TPSA) is 75.9 Å². The van der Waals surface area contributed by atoms with E-state index in [2.05, 4.69) is 4.90 Å². The second-order valence-corrected chi connectivity index (χ2v) is 8.90. The molecule has 0 unspecified atom stereocenters. The number of piperidine rings is 1. The fourth-order valence-electron chi connectivity index (χ4n) is 4.00. The molecule has 2 aliphatic rings. The Labute approximate surface area is 155 Å². The fraction of sp³-hybridized carbons (Fsp3) is 0.667. The zero-order valence-corrected chi connectivity index (χ0v) is 15.8. The van der Waals surface area contributed by atoms with E-state index in [1.54, 1.807) is 0 Å². The van der Waals surface area contributed by atoms with E-state index in [-0.39, 0.29) is 4.90 Å². The van der Waals surface area contributed by atoms with Crippen molar-refractivity contribution in [2.24, 2.45) is 5.73 Å². The third-order valence-corrected chi connectivity index (χ3v) is 7.30. The molecule has 1 aromatic rings. The summed E-state index contributed by atoms with van der Waals surface area (Å²) in [6.07, 6.45) is 3.59.